The van der Waals surface area contributed by atoms with Crippen LogP contribution in [0.3, 0.4) is 0 Å². The minimum Gasteiger partial charge on any atom is -0.319 e. The average Bonchev–Trinajstić information content (AvgIpc) is 3.01. The minimum atomic E-state index is -3.61. The molecule has 2 aromatic heterocycles. The van der Waals surface area contributed by atoms with Gasteiger partial charge in [-0.1, -0.05) is 6.07 Å². The van der Waals surface area contributed by atoms with Gasteiger partial charge < -0.3 is 5.32 Å². The van der Waals surface area contributed by atoms with Crippen LogP contribution in [0.4, 0.5) is 5.69 Å². The summed E-state index contributed by atoms with van der Waals surface area (Å²) in [6.45, 7) is 5.45. The Morgan fingerprint density at radius 1 is 1.11 bits per heavy atom. The molecule has 9 nitrogen and oxygen atoms in total. The maximum Gasteiger partial charge on any atom is 0.295 e. The van der Waals surface area contributed by atoms with E-state index in [2.05, 4.69) is 20.4 Å². The zero-order valence-electron chi connectivity index (χ0n) is 15.7. The molecule has 0 unspecified atom stereocenters. The molecule has 0 aliphatic carbocycles. The third-order valence-electron chi connectivity index (χ3n) is 4.06. The molecule has 0 atom stereocenters. The van der Waals surface area contributed by atoms with Crippen molar-refractivity contribution in [2.24, 2.45) is 0 Å². The predicted octanol–water partition coefficient (Wildman–Crippen LogP) is 1.55. The summed E-state index contributed by atoms with van der Waals surface area (Å²) in [6, 6.07) is 6.40. The molecule has 0 spiro atoms. The number of hydrogen-bond acceptors (Lipinski definition) is 6. The molecule has 0 fully saturated rings. The van der Waals surface area contributed by atoms with Gasteiger partial charge in [0.25, 0.3) is 11.7 Å². The van der Waals surface area contributed by atoms with E-state index in [4.69, 9.17) is 0 Å². The molecule has 1 amide bonds. The van der Waals surface area contributed by atoms with Gasteiger partial charge in [0, 0.05) is 31.2 Å². The van der Waals surface area contributed by atoms with E-state index < -0.39 is 15.9 Å². The Kier molecular flexibility index (Phi) is 4.70. The van der Waals surface area contributed by atoms with Gasteiger partial charge >= 0.3 is 0 Å². The monoisotopic (exact) mass is 388 g/mol. The van der Waals surface area contributed by atoms with Gasteiger partial charge in [-0.15, -0.1) is 5.10 Å². The van der Waals surface area contributed by atoms with Crippen LogP contribution in [0.25, 0.3) is 5.78 Å². The molecule has 0 bridgehead atoms. The highest BCUT2D eigenvalue weighted by atomic mass is 32.2. The van der Waals surface area contributed by atoms with Crippen molar-refractivity contribution in [1.29, 1.82) is 0 Å². The number of hydrogen-bond donors (Lipinski definition) is 1. The van der Waals surface area contributed by atoms with Crippen molar-refractivity contribution in [2.45, 2.75) is 25.7 Å². The molecule has 3 aromatic rings. The van der Waals surface area contributed by atoms with Crippen molar-refractivity contribution >= 4 is 27.4 Å². The van der Waals surface area contributed by atoms with Crippen LogP contribution in [0.5, 0.6) is 0 Å². The van der Waals surface area contributed by atoms with Gasteiger partial charge in [0.15, 0.2) is 0 Å². The SMILES string of the molecule is Cc1cc(C)n2nc(C(=O)Nc3cc(S(=O)(=O)N(C)C)ccc3C)nc2n1. The lowest BCUT2D eigenvalue weighted by molar-refractivity contribution is 0.101. The lowest BCUT2D eigenvalue weighted by Gasteiger charge is -2.14. The number of carbonyl (C=O) groups is 1. The smallest absolute Gasteiger partial charge is 0.295 e. The number of rotatable bonds is 4. The number of amides is 1. The first-order valence-corrected chi connectivity index (χ1v) is 9.59. The molecule has 0 aliphatic heterocycles. The third-order valence-corrected chi connectivity index (χ3v) is 5.87. The van der Waals surface area contributed by atoms with Crippen LogP contribution in [-0.2, 0) is 10.0 Å². The van der Waals surface area contributed by atoms with E-state index in [-0.39, 0.29) is 10.7 Å². The zero-order chi connectivity index (χ0) is 19.9. The fourth-order valence-corrected chi connectivity index (χ4v) is 3.48. The fraction of sp³-hybridized carbons (Fsp3) is 0.294. The van der Waals surface area contributed by atoms with Gasteiger partial charge in [0.1, 0.15) is 0 Å². The van der Waals surface area contributed by atoms with Crippen LogP contribution in [0.1, 0.15) is 27.6 Å². The molecule has 1 aromatic carbocycles. The van der Waals surface area contributed by atoms with E-state index in [9.17, 15) is 13.2 Å². The molecule has 2 heterocycles. The van der Waals surface area contributed by atoms with E-state index >= 15 is 0 Å². The Bertz CT molecular complexity index is 1150. The molecule has 0 saturated carbocycles. The van der Waals surface area contributed by atoms with Gasteiger partial charge in [0.05, 0.1) is 4.90 Å². The van der Waals surface area contributed by atoms with E-state index in [1.165, 1.54) is 30.7 Å². The van der Waals surface area contributed by atoms with Crippen LogP contribution >= 0.6 is 0 Å². The highest BCUT2D eigenvalue weighted by Gasteiger charge is 2.20. The van der Waals surface area contributed by atoms with E-state index in [0.717, 1.165) is 21.3 Å². The number of nitrogens with zero attached hydrogens (tertiary/aromatic N) is 5. The Balaban J connectivity index is 1.96. The second kappa shape index (κ2) is 6.71. The van der Waals surface area contributed by atoms with Crippen LogP contribution in [0, 0.1) is 20.8 Å². The maximum atomic E-state index is 12.6. The van der Waals surface area contributed by atoms with Crippen molar-refractivity contribution in [1.82, 2.24) is 23.9 Å². The molecule has 3 rings (SSSR count). The Morgan fingerprint density at radius 2 is 1.81 bits per heavy atom. The summed E-state index contributed by atoms with van der Waals surface area (Å²) >= 11 is 0. The number of aryl methyl sites for hydroxylation is 3. The van der Waals surface area contributed by atoms with Crippen molar-refractivity contribution in [2.75, 3.05) is 19.4 Å². The summed E-state index contributed by atoms with van der Waals surface area (Å²) in [5, 5.41) is 6.87. The third kappa shape index (κ3) is 3.53. The Morgan fingerprint density at radius 3 is 2.48 bits per heavy atom. The van der Waals surface area contributed by atoms with Gasteiger partial charge in [-0.25, -0.2) is 22.2 Å². The summed E-state index contributed by atoms with van der Waals surface area (Å²) in [7, 11) is -0.711. The van der Waals surface area contributed by atoms with Gasteiger partial charge in [-0.2, -0.15) is 4.98 Å². The topological polar surface area (TPSA) is 110 Å². The summed E-state index contributed by atoms with van der Waals surface area (Å²) < 4.78 is 27.2. The minimum absolute atomic E-state index is 0.0449. The van der Waals surface area contributed by atoms with Crippen LogP contribution in [0.15, 0.2) is 29.2 Å². The highest BCUT2D eigenvalue weighted by molar-refractivity contribution is 7.89. The number of sulfonamides is 1. The molecular weight excluding hydrogens is 368 g/mol. The van der Waals surface area contributed by atoms with Gasteiger partial charge in [-0.3, -0.25) is 4.79 Å². The number of aromatic nitrogens is 4. The summed E-state index contributed by atoms with van der Waals surface area (Å²) in [4.78, 5) is 21.1. The van der Waals surface area contributed by atoms with Crippen LogP contribution in [0.2, 0.25) is 0 Å². The highest BCUT2D eigenvalue weighted by Crippen LogP contribution is 2.22. The summed E-state index contributed by atoms with van der Waals surface area (Å²) in [6.07, 6.45) is 0. The second-order valence-electron chi connectivity index (χ2n) is 6.40. The van der Waals surface area contributed by atoms with Crippen molar-refractivity contribution < 1.29 is 13.2 Å². The Hall–Kier alpha value is -2.85. The lowest BCUT2D eigenvalue weighted by atomic mass is 10.2. The van der Waals surface area contributed by atoms with Crippen molar-refractivity contribution in [3.63, 3.8) is 0 Å². The normalized spacial score (nSPS) is 11.9. The fourth-order valence-electron chi connectivity index (χ4n) is 2.55. The van der Waals surface area contributed by atoms with Crippen LogP contribution < -0.4 is 5.32 Å². The molecule has 10 heteroatoms. The number of carbonyl (C=O) groups excluding carboxylic acids is 1. The molecule has 27 heavy (non-hydrogen) atoms. The quantitative estimate of drug-likeness (QED) is 0.726. The number of benzene rings is 1. The largest absolute Gasteiger partial charge is 0.319 e. The second-order valence-corrected chi connectivity index (χ2v) is 8.56. The lowest BCUT2D eigenvalue weighted by Crippen LogP contribution is -2.22. The van der Waals surface area contributed by atoms with Crippen molar-refractivity contribution in [3.05, 3.63) is 47.0 Å². The van der Waals surface area contributed by atoms with Crippen LogP contribution in [-0.4, -0.2) is 52.3 Å². The first-order valence-electron chi connectivity index (χ1n) is 8.15. The summed E-state index contributed by atoms with van der Waals surface area (Å²) in [5.41, 5.74) is 2.67. The number of fused-ring (bicyclic) bond motifs is 1. The van der Waals surface area contributed by atoms with Gasteiger partial charge in [-0.05, 0) is 44.5 Å². The zero-order valence-corrected chi connectivity index (χ0v) is 16.5. The predicted molar refractivity (Wildman–Crippen MR) is 100 cm³/mol. The molecule has 0 radical (unpaired) electrons. The molecular formula is C17H20N6O3S. The molecule has 1 N–H and O–H groups in total. The molecule has 0 aliphatic rings. The van der Waals surface area contributed by atoms with Crippen molar-refractivity contribution in [3.8, 4) is 0 Å². The summed E-state index contributed by atoms with van der Waals surface area (Å²) in [5.74, 6) is -0.255. The van der Waals surface area contributed by atoms with E-state index in [1.54, 1.807) is 13.0 Å². The first kappa shape index (κ1) is 18.9. The maximum absolute atomic E-state index is 12.6. The number of nitrogens with one attached hydrogen (secondary N) is 1. The standard InChI is InChI=1S/C17H20N6O3S/c1-10-6-7-13(27(25,26)22(4)5)9-14(10)19-16(24)15-20-17-18-11(2)8-12(3)23(17)21-15/h6-9H,1-5H3,(H,19,24). The molecule has 0 saturated heterocycles. The van der Waals surface area contributed by atoms with E-state index in [0.29, 0.717) is 11.5 Å². The van der Waals surface area contributed by atoms with E-state index in [1.807, 2.05) is 19.9 Å². The Labute approximate surface area is 157 Å². The number of anilines is 1. The average molecular weight is 388 g/mol. The molecule has 142 valence electrons. The van der Waals surface area contributed by atoms with Gasteiger partial charge in [0.2, 0.25) is 15.8 Å². The first-order chi connectivity index (χ1) is 12.6.